The standard InChI is InChI=1S/C38H54ClNO3/c1-23(2)27-20-29(37(9,10)11)34(42)30(21-27)38(12,22-43-33-16-14-31(24(3)4)40-35(33)39)18-17-25(5)26-13-15-32(41)28(19-26)36(6,7)8/h13-16,19-21,23-25,41-42H,17-18,22H2,1-12H3. The van der Waals surface area contributed by atoms with Crippen LogP contribution in [0, 0.1) is 0 Å². The highest BCUT2D eigenvalue weighted by Gasteiger charge is 2.35. The minimum Gasteiger partial charge on any atom is -0.508 e. The molecule has 2 aromatic carbocycles. The normalized spacial score (nSPS) is 14.7. The van der Waals surface area contributed by atoms with Gasteiger partial charge in [0.05, 0.1) is 6.61 Å². The third-order valence-corrected chi connectivity index (χ3v) is 9.03. The number of benzene rings is 2. The molecular formula is C38H54ClNO3. The first kappa shape index (κ1) is 34.8. The number of ether oxygens (including phenoxy) is 1. The highest BCUT2D eigenvalue weighted by atomic mass is 35.5. The third-order valence-electron chi connectivity index (χ3n) is 8.76. The number of halogens is 1. The average Bonchev–Trinajstić information content (AvgIpc) is 2.89. The van der Waals surface area contributed by atoms with Crippen LogP contribution in [0.1, 0.15) is 147 Å². The molecule has 0 amide bonds. The van der Waals surface area contributed by atoms with Gasteiger partial charge in [-0.15, -0.1) is 0 Å². The van der Waals surface area contributed by atoms with E-state index < -0.39 is 5.41 Å². The summed E-state index contributed by atoms with van der Waals surface area (Å²) in [7, 11) is 0. The monoisotopic (exact) mass is 607 g/mol. The van der Waals surface area contributed by atoms with Crippen molar-refractivity contribution in [3.05, 3.63) is 81.1 Å². The van der Waals surface area contributed by atoms with Crippen LogP contribution in [0.25, 0.3) is 0 Å². The van der Waals surface area contributed by atoms with Crippen molar-refractivity contribution in [2.75, 3.05) is 6.61 Å². The SMILES string of the molecule is CC(C)c1cc(C(C)(C)C)c(O)c(C(C)(CCC(C)c2ccc(O)c(C(C)(C)C)c2)COc2ccc(C(C)C)nc2Cl)c1. The third kappa shape index (κ3) is 8.26. The maximum atomic E-state index is 11.8. The number of pyridine rings is 1. The van der Waals surface area contributed by atoms with E-state index in [0.29, 0.717) is 34.9 Å². The van der Waals surface area contributed by atoms with Crippen molar-refractivity contribution in [2.45, 2.75) is 130 Å². The fourth-order valence-corrected chi connectivity index (χ4v) is 5.79. The molecule has 0 aliphatic carbocycles. The highest BCUT2D eigenvalue weighted by Crippen LogP contribution is 2.45. The van der Waals surface area contributed by atoms with Gasteiger partial charge in [0.2, 0.25) is 0 Å². The van der Waals surface area contributed by atoms with Gasteiger partial charge >= 0.3 is 0 Å². The van der Waals surface area contributed by atoms with Crippen molar-refractivity contribution in [1.82, 2.24) is 4.98 Å². The first-order valence-corrected chi connectivity index (χ1v) is 16.1. The molecule has 1 aromatic heterocycles. The average molecular weight is 608 g/mol. The van der Waals surface area contributed by atoms with Crippen LogP contribution in [0.15, 0.2) is 42.5 Å². The Morgan fingerprint density at radius 2 is 1.33 bits per heavy atom. The summed E-state index contributed by atoms with van der Waals surface area (Å²) in [5.41, 5.74) is 5.21. The van der Waals surface area contributed by atoms with Crippen molar-refractivity contribution in [3.8, 4) is 17.2 Å². The lowest BCUT2D eigenvalue weighted by molar-refractivity contribution is 0.208. The number of hydrogen-bond acceptors (Lipinski definition) is 4. The van der Waals surface area contributed by atoms with Crippen LogP contribution in [-0.2, 0) is 16.2 Å². The molecule has 1 heterocycles. The smallest absolute Gasteiger partial charge is 0.171 e. The molecule has 0 aliphatic rings. The molecule has 0 radical (unpaired) electrons. The lowest BCUT2D eigenvalue weighted by Gasteiger charge is -2.35. The minimum absolute atomic E-state index is 0.160. The Bertz CT molecular complexity index is 1410. The zero-order valence-corrected chi connectivity index (χ0v) is 29.3. The highest BCUT2D eigenvalue weighted by molar-refractivity contribution is 6.30. The van der Waals surface area contributed by atoms with Crippen LogP contribution in [0.5, 0.6) is 17.2 Å². The molecule has 0 spiro atoms. The molecule has 0 bridgehead atoms. The molecule has 2 atom stereocenters. The molecule has 4 nitrogen and oxygen atoms in total. The summed E-state index contributed by atoms with van der Waals surface area (Å²) < 4.78 is 6.45. The molecule has 0 fully saturated rings. The van der Waals surface area contributed by atoms with Crippen molar-refractivity contribution in [1.29, 1.82) is 0 Å². The van der Waals surface area contributed by atoms with E-state index in [2.05, 4.69) is 106 Å². The fourth-order valence-electron chi connectivity index (χ4n) is 5.57. The van der Waals surface area contributed by atoms with Crippen LogP contribution >= 0.6 is 11.6 Å². The van der Waals surface area contributed by atoms with Gasteiger partial charge in [0.15, 0.2) is 10.9 Å². The van der Waals surface area contributed by atoms with E-state index in [-0.39, 0.29) is 22.7 Å². The topological polar surface area (TPSA) is 62.6 Å². The van der Waals surface area contributed by atoms with Gasteiger partial charge in [0, 0.05) is 16.7 Å². The van der Waals surface area contributed by atoms with Gasteiger partial charge in [-0.1, -0.05) is 119 Å². The van der Waals surface area contributed by atoms with Gasteiger partial charge in [-0.2, -0.15) is 0 Å². The summed E-state index contributed by atoms with van der Waals surface area (Å²) in [5.74, 6) is 2.03. The van der Waals surface area contributed by atoms with Crippen LogP contribution in [0.2, 0.25) is 5.15 Å². The van der Waals surface area contributed by atoms with Crippen molar-refractivity contribution in [3.63, 3.8) is 0 Å². The van der Waals surface area contributed by atoms with Crippen molar-refractivity contribution >= 4 is 11.6 Å². The van der Waals surface area contributed by atoms with E-state index in [1.54, 1.807) is 0 Å². The van der Waals surface area contributed by atoms with Gasteiger partial charge < -0.3 is 14.9 Å². The lowest BCUT2D eigenvalue weighted by Crippen LogP contribution is -2.32. The van der Waals surface area contributed by atoms with Crippen LogP contribution in [0.3, 0.4) is 0 Å². The Hall–Kier alpha value is -2.72. The fraction of sp³-hybridized carbons (Fsp3) is 0.553. The summed E-state index contributed by atoms with van der Waals surface area (Å²) in [6.45, 7) is 26.1. The Morgan fingerprint density at radius 3 is 1.86 bits per heavy atom. The second-order valence-electron chi connectivity index (χ2n) is 15.4. The molecule has 43 heavy (non-hydrogen) atoms. The number of phenols is 2. The first-order valence-electron chi connectivity index (χ1n) is 15.7. The summed E-state index contributed by atoms with van der Waals surface area (Å²) >= 11 is 6.60. The second-order valence-corrected chi connectivity index (χ2v) is 15.7. The Labute approximate surface area is 265 Å². The van der Waals surface area contributed by atoms with E-state index >= 15 is 0 Å². The first-order chi connectivity index (χ1) is 19.7. The van der Waals surface area contributed by atoms with E-state index in [0.717, 1.165) is 35.2 Å². The summed E-state index contributed by atoms with van der Waals surface area (Å²) in [5, 5.41) is 22.7. The number of rotatable bonds is 10. The van der Waals surface area contributed by atoms with Crippen LogP contribution in [0.4, 0.5) is 0 Å². The number of aromatic hydroxyl groups is 2. The number of nitrogens with zero attached hydrogens (tertiary/aromatic N) is 1. The molecule has 3 aromatic rings. The maximum absolute atomic E-state index is 11.8. The van der Waals surface area contributed by atoms with E-state index in [4.69, 9.17) is 16.3 Å². The van der Waals surface area contributed by atoms with Crippen molar-refractivity contribution in [2.24, 2.45) is 0 Å². The van der Waals surface area contributed by atoms with Crippen LogP contribution < -0.4 is 4.74 Å². The minimum atomic E-state index is -0.521. The molecule has 0 saturated carbocycles. The molecule has 3 rings (SSSR count). The molecule has 0 aliphatic heterocycles. The second kappa shape index (κ2) is 13.1. The summed E-state index contributed by atoms with van der Waals surface area (Å²) in [6, 6.07) is 14.2. The van der Waals surface area contributed by atoms with E-state index in [1.807, 2.05) is 24.3 Å². The number of hydrogen-bond donors (Lipinski definition) is 2. The molecule has 236 valence electrons. The predicted octanol–water partition coefficient (Wildman–Crippen LogP) is 10.9. The quantitative estimate of drug-likeness (QED) is 0.225. The van der Waals surface area contributed by atoms with Crippen molar-refractivity contribution < 1.29 is 14.9 Å². The molecule has 2 unspecified atom stereocenters. The molecular weight excluding hydrogens is 554 g/mol. The molecule has 5 heteroatoms. The summed E-state index contributed by atoms with van der Waals surface area (Å²) in [6.07, 6.45) is 1.64. The van der Waals surface area contributed by atoms with Gasteiger partial charge in [0.1, 0.15) is 11.5 Å². The number of phenolic OH excluding ortho intramolecular Hbond substituents is 2. The lowest BCUT2D eigenvalue weighted by atomic mass is 9.72. The number of aromatic nitrogens is 1. The van der Waals surface area contributed by atoms with Gasteiger partial charge in [-0.3, -0.25) is 0 Å². The summed E-state index contributed by atoms with van der Waals surface area (Å²) in [4.78, 5) is 4.57. The predicted molar refractivity (Wildman–Crippen MR) is 182 cm³/mol. The maximum Gasteiger partial charge on any atom is 0.171 e. The Morgan fingerprint density at radius 1 is 0.744 bits per heavy atom. The largest absolute Gasteiger partial charge is 0.508 e. The van der Waals surface area contributed by atoms with Gasteiger partial charge in [0.25, 0.3) is 0 Å². The van der Waals surface area contributed by atoms with Crippen LogP contribution in [-0.4, -0.2) is 21.8 Å². The Balaban J connectivity index is 2.06. The zero-order chi connectivity index (χ0) is 32.5. The van der Waals surface area contributed by atoms with Gasteiger partial charge in [-0.25, -0.2) is 4.98 Å². The van der Waals surface area contributed by atoms with Gasteiger partial charge in [-0.05, 0) is 81.9 Å². The molecule has 2 N–H and O–H groups in total. The van der Waals surface area contributed by atoms with E-state index in [1.165, 1.54) is 11.1 Å². The Kier molecular flexibility index (Phi) is 10.6. The van der Waals surface area contributed by atoms with E-state index in [9.17, 15) is 10.2 Å². The zero-order valence-electron chi connectivity index (χ0n) is 28.5. The molecule has 0 saturated heterocycles.